The van der Waals surface area contributed by atoms with E-state index in [-0.39, 0.29) is 5.60 Å². The molecule has 1 N–H and O–H groups in total. The molecule has 1 unspecified atom stereocenters. The summed E-state index contributed by atoms with van der Waals surface area (Å²) in [7, 11) is 0. The van der Waals surface area contributed by atoms with Crippen LogP contribution in [0.1, 0.15) is 46.5 Å². The van der Waals surface area contributed by atoms with E-state index in [1.807, 2.05) is 0 Å². The summed E-state index contributed by atoms with van der Waals surface area (Å²) < 4.78 is 0. The van der Waals surface area contributed by atoms with Gasteiger partial charge in [-0.25, -0.2) is 0 Å². The Morgan fingerprint density at radius 1 is 1.55 bits per heavy atom. The van der Waals surface area contributed by atoms with Gasteiger partial charge >= 0.3 is 0 Å². The number of hydrogen-bond donors (Lipinski definition) is 1. The molecule has 0 aliphatic heterocycles. The smallest absolute Gasteiger partial charge is 0.0678 e. The monoisotopic (exact) mass is 156 g/mol. The molecule has 0 saturated heterocycles. The van der Waals surface area contributed by atoms with Crippen molar-refractivity contribution in [1.29, 1.82) is 0 Å². The summed E-state index contributed by atoms with van der Waals surface area (Å²) in [6.07, 6.45) is 4.41. The maximum atomic E-state index is 9.98. The summed E-state index contributed by atoms with van der Waals surface area (Å²) in [5, 5.41) is 9.98. The van der Waals surface area contributed by atoms with Gasteiger partial charge in [-0.1, -0.05) is 27.2 Å². The third kappa shape index (κ3) is 1.76. The van der Waals surface area contributed by atoms with Crippen LogP contribution in [0.5, 0.6) is 0 Å². The van der Waals surface area contributed by atoms with Crippen molar-refractivity contribution in [2.24, 2.45) is 11.8 Å². The van der Waals surface area contributed by atoms with Crippen molar-refractivity contribution in [2.75, 3.05) is 0 Å². The van der Waals surface area contributed by atoms with E-state index in [1.165, 1.54) is 12.8 Å². The van der Waals surface area contributed by atoms with E-state index in [4.69, 9.17) is 0 Å². The van der Waals surface area contributed by atoms with Crippen LogP contribution in [-0.2, 0) is 0 Å². The van der Waals surface area contributed by atoms with Crippen LogP contribution in [0.2, 0.25) is 0 Å². The highest BCUT2D eigenvalue weighted by atomic mass is 16.3. The van der Waals surface area contributed by atoms with E-state index >= 15 is 0 Å². The third-order valence-electron chi connectivity index (χ3n) is 3.04. The van der Waals surface area contributed by atoms with E-state index in [2.05, 4.69) is 20.8 Å². The second kappa shape index (κ2) is 3.14. The molecule has 1 fully saturated rings. The molecule has 0 aromatic rings. The molecule has 1 heteroatoms. The molecule has 0 spiro atoms. The highest BCUT2D eigenvalue weighted by Gasteiger charge is 2.43. The molecule has 1 rings (SSSR count). The molecule has 1 nitrogen and oxygen atoms in total. The van der Waals surface area contributed by atoms with Gasteiger partial charge in [-0.2, -0.15) is 0 Å². The van der Waals surface area contributed by atoms with E-state index < -0.39 is 0 Å². The van der Waals surface area contributed by atoms with Crippen LogP contribution in [0.3, 0.4) is 0 Å². The molecule has 0 aromatic carbocycles. The van der Waals surface area contributed by atoms with Crippen molar-refractivity contribution >= 4 is 0 Å². The zero-order valence-electron chi connectivity index (χ0n) is 7.93. The molecule has 1 aliphatic rings. The Hall–Kier alpha value is -0.0400. The highest BCUT2D eigenvalue weighted by molar-refractivity contribution is 4.95. The summed E-state index contributed by atoms with van der Waals surface area (Å²) in [4.78, 5) is 0. The Balaban J connectivity index is 2.34. The van der Waals surface area contributed by atoms with Crippen LogP contribution in [0, 0.1) is 11.8 Å². The Morgan fingerprint density at radius 3 is 2.45 bits per heavy atom. The van der Waals surface area contributed by atoms with E-state index in [0.29, 0.717) is 5.92 Å². The number of hydrogen-bond acceptors (Lipinski definition) is 1. The maximum Gasteiger partial charge on any atom is 0.0678 e. The fourth-order valence-electron chi connectivity index (χ4n) is 2.25. The molecule has 0 amide bonds. The van der Waals surface area contributed by atoms with Crippen molar-refractivity contribution in [3.8, 4) is 0 Å². The third-order valence-corrected chi connectivity index (χ3v) is 3.04. The average Bonchev–Trinajstić information content (AvgIpc) is 1.85. The Labute approximate surface area is 69.8 Å². The normalized spacial score (nSPS) is 39.8. The number of rotatable bonds is 3. The zero-order valence-corrected chi connectivity index (χ0v) is 7.93. The van der Waals surface area contributed by atoms with Gasteiger partial charge in [-0.3, -0.25) is 0 Å². The lowest BCUT2D eigenvalue weighted by molar-refractivity contribution is -0.110. The predicted molar refractivity (Wildman–Crippen MR) is 47.4 cm³/mol. The molecule has 1 aliphatic carbocycles. The van der Waals surface area contributed by atoms with Crippen LogP contribution in [0.4, 0.5) is 0 Å². The van der Waals surface area contributed by atoms with Gasteiger partial charge in [0.15, 0.2) is 0 Å². The fourth-order valence-corrected chi connectivity index (χ4v) is 2.25. The van der Waals surface area contributed by atoms with Gasteiger partial charge in [0.1, 0.15) is 0 Å². The van der Waals surface area contributed by atoms with Gasteiger partial charge in [0.25, 0.3) is 0 Å². The first-order valence-electron chi connectivity index (χ1n) is 4.81. The standard InChI is InChI=1S/C10H20O/c1-4-5-9(3)10(11)6-8(2)7-10/h8-9,11H,4-7H2,1-3H3. The molecule has 66 valence electrons. The van der Waals surface area contributed by atoms with Crippen LogP contribution >= 0.6 is 0 Å². The van der Waals surface area contributed by atoms with Crippen LogP contribution in [-0.4, -0.2) is 10.7 Å². The SMILES string of the molecule is CCCC(C)C1(O)CC(C)C1. The first-order valence-corrected chi connectivity index (χ1v) is 4.81. The average molecular weight is 156 g/mol. The lowest BCUT2D eigenvalue weighted by Gasteiger charge is -2.46. The zero-order chi connectivity index (χ0) is 8.48. The van der Waals surface area contributed by atoms with Gasteiger partial charge in [0.2, 0.25) is 0 Å². The van der Waals surface area contributed by atoms with Gasteiger partial charge in [-0.15, -0.1) is 0 Å². The minimum Gasteiger partial charge on any atom is -0.390 e. The molecular formula is C10H20O. The highest BCUT2D eigenvalue weighted by Crippen LogP contribution is 2.43. The summed E-state index contributed by atoms with van der Waals surface area (Å²) in [6, 6.07) is 0. The molecule has 0 bridgehead atoms. The summed E-state index contributed by atoms with van der Waals surface area (Å²) >= 11 is 0. The second-order valence-electron chi connectivity index (χ2n) is 4.31. The number of aliphatic hydroxyl groups is 1. The van der Waals surface area contributed by atoms with Crippen molar-refractivity contribution in [2.45, 2.75) is 52.1 Å². The van der Waals surface area contributed by atoms with Gasteiger partial charge < -0.3 is 5.11 Å². The van der Waals surface area contributed by atoms with Crippen molar-refractivity contribution < 1.29 is 5.11 Å². The Morgan fingerprint density at radius 2 is 2.09 bits per heavy atom. The summed E-state index contributed by atoms with van der Waals surface area (Å²) in [5.41, 5.74) is -0.296. The fraction of sp³-hybridized carbons (Fsp3) is 1.00. The topological polar surface area (TPSA) is 20.2 Å². The van der Waals surface area contributed by atoms with Gasteiger partial charge in [0, 0.05) is 0 Å². The van der Waals surface area contributed by atoms with Gasteiger partial charge in [-0.05, 0) is 31.1 Å². The Bertz CT molecular complexity index is 125. The lowest BCUT2D eigenvalue weighted by atomic mass is 9.65. The van der Waals surface area contributed by atoms with E-state index in [1.54, 1.807) is 0 Å². The van der Waals surface area contributed by atoms with Crippen molar-refractivity contribution in [1.82, 2.24) is 0 Å². The van der Waals surface area contributed by atoms with Crippen LogP contribution < -0.4 is 0 Å². The summed E-state index contributed by atoms with van der Waals surface area (Å²) in [6.45, 7) is 6.57. The van der Waals surface area contributed by atoms with Crippen LogP contribution in [0.25, 0.3) is 0 Å². The lowest BCUT2D eigenvalue weighted by Crippen LogP contribution is -2.47. The minimum atomic E-state index is -0.296. The van der Waals surface area contributed by atoms with E-state index in [9.17, 15) is 5.11 Å². The maximum absolute atomic E-state index is 9.98. The van der Waals surface area contributed by atoms with Crippen molar-refractivity contribution in [3.05, 3.63) is 0 Å². The molecule has 0 heterocycles. The van der Waals surface area contributed by atoms with Gasteiger partial charge in [0.05, 0.1) is 5.60 Å². The largest absolute Gasteiger partial charge is 0.390 e. The minimum absolute atomic E-state index is 0.296. The molecule has 1 saturated carbocycles. The molecule has 0 aromatic heterocycles. The first-order chi connectivity index (χ1) is 5.08. The summed E-state index contributed by atoms with van der Waals surface area (Å²) in [5.74, 6) is 1.25. The predicted octanol–water partition coefficient (Wildman–Crippen LogP) is 2.58. The van der Waals surface area contributed by atoms with E-state index in [0.717, 1.165) is 18.8 Å². The first kappa shape index (κ1) is 9.05. The van der Waals surface area contributed by atoms with Crippen molar-refractivity contribution in [3.63, 3.8) is 0 Å². The quantitative estimate of drug-likeness (QED) is 0.666. The molecule has 1 atom stereocenters. The molecular weight excluding hydrogens is 136 g/mol. The molecule has 0 radical (unpaired) electrons. The molecule has 11 heavy (non-hydrogen) atoms. The Kier molecular flexibility index (Phi) is 2.58. The van der Waals surface area contributed by atoms with Crippen LogP contribution in [0.15, 0.2) is 0 Å². The second-order valence-corrected chi connectivity index (χ2v) is 4.31.